The van der Waals surface area contributed by atoms with Crippen LogP contribution in [0.15, 0.2) is 0 Å². The topological polar surface area (TPSA) is 64.6 Å². The molecule has 0 aromatic rings. The number of esters is 1. The molecule has 5 nitrogen and oxygen atoms in total. The fourth-order valence-corrected chi connectivity index (χ4v) is 2.11. The first-order chi connectivity index (χ1) is 8.60. The van der Waals surface area contributed by atoms with E-state index in [4.69, 9.17) is 9.47 Å². The first-order valence-electron chi connectivity index (χ1n) is 6.80. The molecule has 0 aliphatic carbocycles. The van der Waals surface area contributed by atoms with E-state index in [2.05, 4.69) is 5.32 Å². The van der Waals surface area contributed by atoms with Crippen molar-refractivity contribution in [2.75, 3.05) is 0 Å². The van der Waals surface area contributed by atoms with Gasteiger partial charge in [-0.2, -0.15) is 0 Å². The van der Waals surface area contributed by atoms with Crippen LogP contribution in [0.5, 0.6) is 0 Å². The zero-order valence-corrected chi connectivity index (χ0v) is 12.6. The molecule has 0 aromatic heterocycles. The summed E-state index contributed by atoms with van der Waals surface area (Å²) in [5.41, 5.74) is -0.536. The molecule has 1 rings (SSSR count). The molecule has 0 spiro atoms. The SMILES string of the molecule is CC(C)[C@H](NC(=O)OC(C)(C)C)[C@@H]1C[C@@H](C)C(=O)O1. The van der Waals surface area contributed by atoms with E-state index in [9.17, 15) is 9.59 Å². The summed E-state index contributed by atoms with van der Waals surface area (Å²) in [5, 5.41) is 2.82. The first kappa shape index (κ1) is 15.8. The van der Waals surface area contributed by atoms with Gasteiger partial charge in [-0.3, -0.25) is 4.79 Å². The van der Waals surface area contributed by atoms with Gasteiger partial charge in [-0.1, -0.05) is 20.8 Å². The zero-order chi connectivity index (χ0) is 14.8. The Kier molecular flexibility index (Phi) is 4.82. The van der Waals surface area contributed by atoms with Crippen LogP contribution in [0.2, 0.25) is 0 Å². The highest BCUT2D eigenvalue weighted by atomic mass is 16.6. The molecule has 3 atom stereocenters. The third kappa shape index (κ3) is 4.73. The maximum atomic E-state index is 11.8. The van der Waals surface area contributed by atoms with Gasteiger partial charge >= 0.3 is 12.1 Å². The number of ether oxygens (including phenoxy) is 2. The van der Waals surface area contributed by atoms with Crippen LogP contribution in [0.3, 0.4) is 0 Å². The lowest BCUT2D eigenvalue weighted by atomic mass is 9.94. The van der Waals surface area contributed by atoms with Crippen LogP contribution >= 0.6 is 0 Å². The molecule has 0 aromatic carbocycles. The van der Waals surface area contributed by atoms with Crippen LogP contribution in [0.1, 0.15) is 48.0 Å². The van der Waals surface area contributed by atoms with Gasteiger partial charge in [0.2, 0.25) is 0 Å². The Morgan fingerprint density at radius 3 is 2.37 bits per heavy atom. The van der Waals surface area contributed by atoms with Gasteiger partial charge in [-0.25, -0.2) is 4.79 Å². The Bertz CT molecular complexity index is 346. The van der Waals surface area contributed by atoms with Crippen molar-refractivity contribution < 1.29 is 19.1 Å². The number of cyclic esters (lactones) is 1. The normalized spacial score (nSPS) is 25.1. The van der Waals surface area contributed by atoms with E-state index in [1.807, 2.05) is 41.5 Å². The number of carbonyl (C=O) groups excluding carboxylic acids is 2. The number of carbonyl (C=O) groups is 2. The van der Waals surface area contributed by atoms with Crippen molar-refractivity contribution in [2.45, 2.75) is 65.7 Å². The zero-order valence-electron chi connectivity index (χ0n) is 12.6. The molecule has 1 fully saturated rings. The smallest absolute Gasteiger partial charge is 0.408 e. The second kappa shape index (κ2) is 5.80. The minimum absolute atomic E-state index is 0.105. The Morgan fingerprint density at radius 1 is 1.42 bits per heavy atom. The Balaban J connectivity index is 2.64. The van der Waals surface area contributed by atoms with Crippen LogP contribution in [0.25, 0.3) is 0 Å². The molecule has 0 radical (unpaired) electrons. The van der Waals surface area contributed by atoms with E-state index in [1.165, 1.54) is 0 Å². The van der Waals surface area contributed by atoms with Crippen molar-refractivity contribution in [1.82, 2.24) is 5.32 Å². The number of hydrogen-bond donors (Lipinski definition) is 1. The standard InChI is InChI=1S/C14H25NO4/c1-8(2)11(10-7-9(3)12(16)18-10)15-13(17)19-14(4,5)6/h8-11H,7H2,1-6H3,(H,15,17)/t9-,10+,11+/m1/s1. The summed E-state index contributed by atoms with van der Waals surface area (Å²) >= 11 is 0. The summed E-state index contributed by atoms with van der Waals surface area (Å²) in [6, 6.07) is -0.219. The van der Waals surface area contributed by atoms with Gasteiger partial charge in [0, 0.05) is 0 Å². The summed E-state index contributed by atoms with van der Waals surface area (Å²) in [7, 11) is 0. The lowest BCUT2D eigenvalue weighted by molar-refractivity contribution is -0.145. The van der Waals surface area contributed by atoms with Crippen molar-refractivity contribution >= 4 is 12.1 Å². The van der Waals surface area contributed by atoms with Crippen LogP contribution in [0.4, 0.5) is 4.79 Å². The maximum absolute atomic E-state index is 11.8. The third-order valence-corrected chi connectivity index (χ3v) is 3.06. The summed E-state index contributed by atoms with van der Waals surface area (Å²) < 4.78 is 10.6. The number of nitrogens with one attached hydrogen (secondary N) is 1. The lowest BCUT2D eigenvalue weighted by Crippen LogP contribution is -2.48. The average Bonchev–Trinajstić information content (AvgIpc) is 2.52. The second-order valence-electron chi connectivity index (χ2n) is 6.53. The molecular weight excluding hydrogens is 246 g/mol. The molecule has 0 bridgehead atoms. The van der Waals surface area contributed by atoms with Gasteiger partial charge in [0.05, 0.1) is 12.0 Å². The van der Waals surface area contributed by atoms with Gasteiger partial charge in [-0.15, -0.1) is 0 Å². The van der Waals surface area contributed by atoms with E-state index >= 15 is 0 Å². The quantitative estimate of drug-likeness (QED) is 0.801. The molecule has 5 heteroatoms. The van der Waals surface area contributed by atoms with E-state index in [1.54, 1.807) is 0 Å². The maximum Gasteiger partial charge on any atom is 0.408 e. The number of amides is 1. The molecule has 1 saturated heterocycles. The molecule has 1 heterocycles. The molecule has 0 saturated carbocycles. The van der Waals surface area contributed by atoms with E-state index in [-0.39, 0.29) is 30.0 Å². The molecular formula is C14H25NO4. The van der Waals surface area contributed by atoms with Crippen molar-refractivity contribution in [3.63, 3.8) is 0 Å². The highest BCUT2D eigenvalue weighted by Crippen LogP contribution is 2.26. The Labute approximate surface area is 115 Å². The molecule has 110 valence electrons. The van der Waals surface area contributed by atoms with Crippen molar-refractivity contribution in [2.24, 2.45) is 11.8 Å². The van der Waals surface area contributed by atoms with Crippen LogP contribution < -0.4 is 5.32 Å². The summed E-state index contributed by atoms with van der Waals surface area (Å²) in [6.45, 7) is 11.3. The number of rotatable bonds is 3. The Morgan fingerprint density at radius 2 is 2.00 bits per heavy atom. The summed E-state index contributed by atoms with van der Waals surface area (Å²) in [5.74, 6) is -0.135. The monoisotopic (exact) mass is 271 g/mol. The second-order valence-corrected chi connectivity index (χ2v) is 6.53. The van der Waals surface area contributed by atoms with E-state index in [0.717, 1.165) is 0 Å². The average molecular weight is 271 g/mol. The van der Waals surface area contributed by atoms with E-state index < -0.39 is 11.7 Å². The van der Waals surface area contributed by atoms with Gasteiger partial charge in [0.15, 0.2) is 0 Å². The van der Waals surface area contributed by atoms with Gasteiger partial charge in [0.1, 0.15) is 11.7 Å². The van der Waals surface area contributed by atoms with E-state index in [0.29, 0.717) is 6.42 Å². The molecule has 1 amide bonds. The minimum Gasteiger partial charge on any atom is -0.460 e. The highest BCUT2D eigenvalue weighted by molar-refractivity contribution is 5.74. The number of hydrogen-bond acceptors (Lipinski definition) is 4. The molecule has 0 unspecified atom stereocenters. The molecule has 1 aliphatic heterocycles. The van der Waals surface area contributed by atoms with Gasteiger partial charge in [0.25, 0.3) is 0 Å². The minimum atomic E-state index is -0.536. The summed E-state index contributed by atoms with van der Waals surface area (Å²) in [4.78, 5) is 23.3. The number of alkyl carbamates (subject to hydrolysis) is 1. The first-order valence-corrected chi connectivity index (χ1v) is 6.80. The molecule has 1 N–H and O–H groups in total. The van der Waals surface area contributed by atoms with Gasteiger partial charge < -0.3 is 14.8 Å². The van der Waals surface area contributed by atoms with Crippen LogP contribution in [0, 0.1) is 11.8 Å². The Hall–Kier alpha value is -1.26. The van der Waals surface area contributed by atoms with Gasteiger partial charge in [-0.05, 0) is 33.1 Å². The lowest BCUT2D eigenvalue weighted by Gasteiger charge is -2.28. The van der Waals surface area contributed by atoms with Crippen molar-refractivity contribution in [3.05, 3.63) is 0 Å². The van der Waals surface area contributed by atoms with Crippen molar-refractivity contribution in [3.8, 4) is 0 Å². The molecule has 19 heavy (non-hydrogen) atoms. The fourth-order valence-electron chi connectivity index (χ4n) is 2.11. The van der Waals surface area contributed by atoms with Crippen LogP contribution in [-0.4, -0.2) is 29.8 Å². The predicted molar refractivity (Wildman–Crippen MR) is 71.7 cm³/mol. The fraction of sp³-hybridized carbons (Fsp3) is 0.857. The highest BCUT2D eigenvalue weighted by Gasteiger charge is 2.38. The van der Waals surface area contributed by atoms with Crippen LogP contribution in [-0.2, 0) is 14.3 Å². The summed E-state index contributed by atoms with van der Waals surface area (Å²) in [6.07, 6.45) is -0.103. The largest absolute Gasteiger partial charge is 0.460 e. The predicted octanol–water partition coefficient (Wildman–Crippen LogP) is 2.49. The third-order valence-electron chi connectivity index (χ3n) is 3.06. The molecule has 1 aliphatic rings. The van der Waals surface area contributed by atoms with Crippen molar-refractivity contribution in [1.29, 1.82) is 0 Å².